The van der Waals surface area contributed by atoms with Gasteiger partial charge in [0.1, 0.15) is 12.4 Å². The SMILES string of the molecule is COCCNC(=O)c1cccc(OCc2ccccc2)c1. The molecule has 4 heteroatoms. The van der Waals surface area contributed by atoms with Crippen LogP contribution in [0.4, 0.5) is 0 Å². The zero-order chi connectivity index (χ0) is 14.9. The number of amides is 1. The van der Waals surface area contributed by atoms with Crippen molar-refractivity contribution in [2.75, 3.05) is 20.3 Å². The van der Waals surface area contributed by atoms with Crippen molar-refractivity contribution in [3.63, 3.8) is 0 Å². The largest absolute Gasteiger partial charge is 0.489 e. The summed E-state index contributed by atoms with van der Waals surface area (Å²) in [6.45, 7) is 1.47. The number of ether oxygens (including phenoxy) is 2. The molecule has 21 heavy (non-hydrogen) atoms. The van der Waals surface area contributed by atoms with E-state index in [0.29, 0.717) is 31.1 Å². The van der Waals surface area contributed by atoms with Crippen molar-refractivity contribution < 1.29 is 14.3 Å². The molecule has 2 aromatic carbocycles. The first-order chi connectivity index (χ1) is 10.3. The molecule has 0 aliphatic rings. The molecule has 4 nitrogen and oxygen atoms in total. The molecule has 2 rings (SSSR count). The lowest BCUT2D eigenvalue weighted by atomic mass is 10.2. The maximum Gasteiger partial charge on any atom is 0.251 e. The topological polar surface area (TPSA) is 47.6 Å². The second kappa shape index (κ2) is 8.07. The van der Waals surface area contributed by atoms with E-state index < -0.39 is 0 Å². The predicted octanol–water partition coefficient (Wildman–Crippen LogP) is 2.64. The Morgan fingerprint density at radius 2 is 1.90 bits per heavy atom. The number of rotatable bonds is 7. The zero-order valence-electron chi connectivity index (χ0n) is 12.0. The van der Waals surface area contributed by atoms with Crippen molar-refractivity contribution in [2.45, 2.75) is 6.61 Å². The Morgan fingerprint density at radius 1 is 1.10 bits per heavy atom. The normalized spacial score (nSPS) is 10.1. The number of benzene rings is 2. The van der Waals surface area contributed by atoms with Crippen LogP contribution in [-0.4, -0.2) is 26.2 Å². The van der Waals surface area contributed by atoms with E-state index in [9.17, 15) is 4.79 Å². The highest BCUT2D eigenvalue weighted by molar-refractivity contribution is 5.94. The molecule has 0 spiro atoms. The van der Waals surface area contributed by atoms with Crippen molar-refractivity contribution >= 4 is 5.91 Å². The quantitative estimate of drug-likeness (QED) is 0.796. The Bertz CT molecular complexity index is 569. The molecular formula is C17H19NO3. The molecule has 0 aliphatic carbocycles. The van der Waals surface area contributed by atoms with E-state index in [4.69, 9.17) is 9.47 Å². The summed E-state index contributed by atoms with van der Waals surface area (Å²) < 4.78 is 10.6. The number of hydrogen-bond acceptors (Lipinski definition) is 3. The van der Waals surface area contributed by atoms with Crippen LogP contribution >= 0.6 is 0 Å². The monoisotopic (exact) mass is 285 g/mol. The van der Waals surface area contributed by atoms with Gasteiger partial charge in [-0.15, -0.1) is 0 Å². The van der Waals surface area contributed by atoms with Gasteiger partial charge < -0.3 is 14.8 Å². The number of carbonyl (C=O) groups excluding carboxylic acids is 1. The summed E-state index contributed by atoms with van der Waals surface area (Å²) in [6, 6.07) is 17.1. The van der Waals surface area contributed by atoms with Crippen LogP contribution in [0, 0.1) is 0 Å². The van der Waals surface area contributed by atoms with Crippen molar-refractivity contribution in [3.05, 3.63) is 65.7 Å². The Morgan fingerprint density at radius 3 is 2.67 bits per heavy atom. The first kappa shape index (κ1) is 15.1. The van der Waals surface area contributed by atoms with Gasteiger partial charge >= 0.3 is 0 Å². The molecule has 0 unspecified atom stereocenters. The van der Waals surface area contributed by atoms with Crippen LogP contribution in [-0.2, 0) is 11.3 Å². The second-order valence-electron chi connectivity index (χ2n) is 4.55. The molecule has 0 atom stereocenters. The molecule has 0 saturated heterocycles. The number of hydrogen-bond donors (Lipinski definition) is 1. The molecule has 0 radical (unpaired) electrons. The highest BCUT2D eigenvalue weighted by Gasteiger charge is 2.06. The van der Waals surface area contributed by atoms with Gasteiger partial charge in [0.15, 0.2) is 0 Å². The highest BCUT2D eigenvalue weighted by Crippen LogP contribution is 2.15. The van der Waals surface area contributed by atoms with E-state index in [1.54, 1.807) is 19.2 Å². The smallest absolute Gasteiger partial charge is 0.251 e. The van der Waals surface area contributed by atoms with Gasteiger partial charge in [-0.05, 0) is 23.8 Å². The lowest BCUT2D eigenvalue weighted by Crippen LogP contribution is -2.26. The molecule has 0 aliphatic heterocycles. The van der Waals surface area contributed by atoms with Crippen molar-refractivity contribution in [1.29, 1.82) is 0 Å². The maximum atomic E-state index is 11.9. The summed E-state index contributed by atoms with van der Waals surface area (Å²) in [7, 11) is 1.60. The van der Waals surface area contributed by atoms with Gasteiger partial charge in [0, 0.05) is 19.2 Å². The maximum absolute atomic E-state index is 11.9. The van der Waals surface area contributed by atoms with Crippen LogP contribution in [0.2, 0.25) is 0 Å². The van der Waals surface area contributed by atoms with Gasteiger partial charge in [-0.3, -0.25) is 4.79 Å². The number of methoxy groups -OCH3 is 1. The third-order valence-electron chi connectivity index (χ3n) is 2.94. The molecule has 1 amide bonds. The van der Waals surface area contributed by atoms with Crippen LogP contribution in [0.3, 0.4) is 0 Å². The van der Waals surface area contributed by atoms with Crippen LogP contribution in [0.5, 0.6) is 5.75 Å². The Kier molecular flexibility index (Phi) is 5.79. The second-order valence-corrected chi connectivity index (χ2v) is 4.55. The summed E-state index contributed by atoms with van der Waals surface area (Å²) >= 11 is 0. The van der Waals surface area contributed by atoms with Crippen molar-refractivity contribution in [3.8, 4) is 5.75 Å². The van der Waals surface area contributed by atoms with Crippen LogP contribution in [0.25, 0.3) is 0 Å². The first-order valence-electron chi connectivity index (χ1n) is 6.83. The van der Waals surface area contributed by atoms with E-state index >= 15 is 0 Å². The lowest BCUT2D eigenvalue weighted by Gasteiger charge is -2.08. The van der Waals surface area contributed by atoms with Gasteiger partial charge in [0.05, 0.1) is 6.61 Å². The molecule has 0 heterocycles. The Hall–Kier alpha value is -2.33. The minimum absolute atomic E-state index is 0.128. The van der Waals surface area contributed by atoms with E-state index in [-0.39, 0.29) is 5.91 Å². The van der Waals surface area contributed by atoms with Crippen molar-refractivity contribution in [1.82, 2.24) is 5.32 Å². The fourth-order valence-electron chi connectivity index (χ4n) is 1.84. The average molecular weight is 285 g/mol. The van der Waals surface area contributed by atoms with E-state index in [0.717, 1.165) is 5.56 Å². The number of carbonyl (C=O) groups is 1. The third-order valence-corrected chi connectivity index (χ3v) is 2.94. The van der Waals surface area contributed by atoms with Gasteiger partial charge in [-0.25, -0.2) is 0 Å². The highest BCUT2D eigenvalue weighted by atomic mass is 16.5. The molecular weight excluding hydrogens is 266 g/mol. The predicted molar refractivity (Wildman–Crippen MR) is 81.4 cm³/mol. The summed E-state index contributed by atoms with van der Waals surface area (Å²) in [5, 5.41) is 2.78. The van der Waals surface area contributed by atoms with Gasteiger partial charge in [-0.1, -0.05) is 36.4 Å². The summed E-state index contributed by atoms with van der Waals surface area (Å²) in [5.74, 6) is 0.551. The number of nitrogens with one attached hydrogen (secondary N) is 1. The fraction of sp³-hybridized carbons (Fsp3) is 0.235. The van der Waals surface area contributed by atoms with Crippen LogP contribution < -0.4 is 10.1 Å². The first-order valence-corrected chi connectivity index (χ1v) is 6.83. The van der Waals surface area contributed by atoms with Crippen LogP contribution in [0.15, 0.2) is 54.6 Å². The average Bonchev–Trinajstić information content (AvgIpc) is 2.54. The summed E-state index contributed by atoms with van der Waals surface area (Å²) in [6.07, 6.45) is 0. The molecule has 0 saturated carbocycles. The molecule has 1 N–H and O–H groups in total. The van der Waals surface area contributed by atoms with Crippen molar-refractivity contribution in [2.24, 2.45) is 0 Å². The van der Waals surface area contributed by atoms with Crippen LogP contribution in [0.1, 0.15) is 15.9 Å². The summed E-state index contributed by atoms with van der Waals surface area (Å²) in [4.78, 5) is 11.9. The molecule has 2 aromatic rings. The van der Waals surface area contributed by atoms with Gasteiger partial charge in [-0.2, -0.15) is 0 Å². The van der Waals surface area contributed by atoms with Gasteiger partial charge in [0.2, 0.25) is 0 Å². The lowest BCUT2D eigenvalue weighted by molar-refractivity contribution is 0.0936. The molecule has 0 fully saturated rings. The van der Waals surface area contributed by atoms with E-state index in [1.165, 1.54) is 0 Å². The molecule has 0 aromatic heterocycles. The minimum atomic E-state index is -0.128. The Labute approximate surface area is 124 Å². The zero-order valence-corrected chi connectivity index (χ0v) is 12.0. The molecule has 110 valence electrons. The van der Waals surface area contributed by atoms with E-state index in [1.807, 2.05) is 42.5 Å². The molecule has 0 bridgehead atoms. The standard InChI is InChI=1S/C17H19NO3/c1-20-11-10-18-17(19)15-8-5-9-16(12-15)21-13-14-6-3-2-4-7-14/h2-9,12H,10-11,13H2,1H3,(H,18,19). The fourth-order valence-corrected chi connectivity index (χ4v) is 1.84. The Balaban J connectivity index is 1.92. The minimum Gasteiger partial charge on any atom is -0.489 e. The summed E-state index contributed by atoms with van der Waals surface area (Å²) in [5.41, 5.74) is 1.67. The third kappa shape index (κ3) is 4.93. The van der Waals surface area contributed by atoms with E-state index in [2.05, 4.69) is 5.32 Å². The van der Waals surface area contributed by atoms with Gasteiger partial charge in [0.25, 0.3) is 5.91 Å².